The molecule has 0 fully saturated rings. The van der Waals surface area contributed by atoms with E-state index in [1.165, 1.54) is 6.07 Å². The van der Waals surface area contributed by atoms with Crippen LogP contribution in [0.25, 0.3) is 22.3 Å². The Labute approximate surface area is 176 Å². The molecule has 4 aromatic carbocycles. The van der Waals surface area contributed by atoms with Gasteiger partial charge in [0.15, 0.2) is 0 Å². The van der Waals surface area contributed by atoms with Gasteiger partial charge in [-0.3, -0.25) is 20.2 Å². The van der Waals surface area contributed by atoms with Crippen molar-refractivity contribution in [1.29, 1.82) is 0 Å². The van der Waals surface area contributed by atoms with Gasteiger partial charge in [0.25, 0.3) is 11.4 Å². The summed E-state index contributed by atoms with van der Waals surface area (Å²) in [6.45, 7) is 0. The van der Waals surface area contributed by atoms with E-state index in [-0.39, 0.29) is 11.4 Å². The van der Waals surface area contributed by atoms with Gasteiger partial charge in [0.05, 0.1) is 21.3 Å². The molecule has 0 N–H and O–H groups in total. The summed E-state index contributed by atoms with van der Waals surface area (Å²) in [6.07, 6.45) is 0. The first-order chi connectivity index (χ1) is 15.0. The fourth-order valence-corrected chi connectivity index (χ4v) is 5.44. The average molecular weight is 406 g/mol. The highest BCUT2D eigenvalue weighted by Crippen LogP contribution is 2.65. The fraction of sp³-hybridized carbons (Fsp3) is 0.0400. The summed E-state index contributed by atoms with van der Waals surface area (Å²) in [5, 5.41) is 23.5. The van der Waals surface area contributed by atoms with Crippen molar-refractivity contribution < 1.29 is 9.85 Å². The van der Waals surface area contributed by atoms with Crippen LogP contribution in [0.1, 0.15) is 22.3 Å². The molecule has 0 aromatic heterocycles. The molecule has 0 aliphatic heterocycles. The molecule has 0 unspecified atom stereocenters. The third-order valence-electron chi connectivity index (χ3n) is 6.47. The maximum Gasteiger partial charge on any atom is 0.281 e. The minimum absolute atomic E-state index is 0.247. The predicted molar refractivity (Wildman–Crippen MR) is 116 cm³/mol. The van der Waals surface area contributed by atoms with Gasteiger partial charge in [-0.2, -0.15) is 0 Å². The monoisotopic (exact) mass is 406 g/mol. The van der Waals surface area contributed by atoms with E-state index >= 15 is 0 Å². The average Bonchev–Trinajstić information content (AvgIpc) is 3.26. The molecule has 2 aliphatic rings. The van der Waals surface area contributed by atoms with Crippen molar-refractivity contribution in [1.82, 2.24) is 0 Å². The van der Waals surface area contributed by atoms with Crippen molar-refractivity contribution in [2.24, 2.45) is 0 Å². The zero-order valence-electron chi connectivity index (χ0n) is 16.1. The van der Waals surface area contributed by atoms with Gasteiger partial charge >= 0.3 is 0 Å². The molecule has 4 aromatic rings. The molecule has 6 rings (SSSR count). The molecule has 6 nitrogen and oxygen atoms in total. The highest BCUT2D eigenvalue weighted by molar-refractivity contribution is 5.99. The van der Waals surface area contributed by atoms with E-state index in [0.717, 1.165) is 45.0 Å². The van der Waals surface area contributed by atoms with Gasteiger partial charge in [-0.15, -0.1) is 0 Å². The van der Waals surface area contributed by atoms with Crippen LogP contribution in [0.15, 0.2) is 84.9 Å². The van der Waals surface area contributed by atoms with Gasteiger partial charge in [-0.1, -0.05) is 66.7 Å². The predicted octanol–water partition coefficient (Wildman–Crippen LogP) is 5.85. The SMILES string of the molecule is O=[N+]([O-])c1ccc(C23c4ccccc4-c4cccc(c42)-c2ccccc23)c([N+](=O)[O-])c1. The van der Waals surface area contributed by atoms with E-state index in [1.54, 1.807) is 6.07 Å². The Kier molecular flexibility index (Phi) is 3.31. The summed E-state index contributed by atoms with van der Waals surface area (Å²) < 4.78 is 0. The number of fused-ring (bicyclic) bond motifs is 6. The third-order valence-corrected chi connectivity index (χ3v) is 6.47. The van der Waals surface area contributed by atoms with Crippen LogP contribution < -0.4 is 0 Å². The van der Waals surface area contributed by atoms with Gasteiger partial charge in [-0.05, 0) is 45.0 Å². The number of hydrogen-bond acceptors (Lipinski definition) is 4. The molecule has 148 valence electrons. The highest BCUT2D eigenvalue weighted by atomic mass is 16.6. The van der Waals surface area contributed by atoms with E-state index in [4.69, 9.17) is 0 Å². The number of nitro benzene ring substituents is 2. The Bertz CT molecular complexity index is 1390. The van der Waals surface area contributed by atoms with Crippen LogP contribution in [0.3, 0.4) is 0 Å². The second-order valence-electron chi connectivity index (χ2n) is 7.78. The van der Waals surface area contributed by atoms with Crippen LogP contribution in [-0.4, -0.2) is 9.85 Å². The normalized spacial score (nSPS) is 13.9. The van der Waals surface area contributed by atoms with Crippen LogP contribution in [0, 0.1) is 20.2 Å². The van der Waals surface area contributed by atoms with Gasteiger partial charge < -0.3 is 0 Å². The summed E-state index contributed by atoms with van der Waals surface area (Å²) in [5.74, 6) is 0. The van der Waals surface area contributed by atoms with Crippen molar-refractivity contribution in [3.63, 3.8) is 0 Å². The van der Waals surface area contributed by atoms with Crippen molar-refractivity contribution >= 4 is 11.4 Å². The maximum absolute atomic E-state index is 12.1. The lowest BCUT2D eigenvalue weighted by Gasteiger charge is -2.30. The lowest BCUT2D eigenvalue weighted by atomic mass is 9.69. The molecule has 0 heterocycles. The second kappa shape index (κ2) is 5.86. The van der Waals surface area contributed by atoms with E-state index in [2.05, 4.69) is 0 Å². The van der Waals surface area contributed by atoms with E-state index in [1.807, 2.05) is 66.7 Å². The van der Waals surface area contributed by atoms with Crippen LogP contribution >= 0.6 is 0 Å². The smallest absolute Gasteiger partial charge is 0.258 e. The first-order valence-electron chi connectivity index (χ1n) is 9.81. The van der Waals surface area contributed by atoms with Crippen molar-refractivity contribution in [2.75, 3.05) is 0 Å². The van der Waals surface area contributed by atoms with Crippen LogP contribution in [0.2, 0.25) is 0 Å². The minimum Gasteiger partial charge on any atom is -0.258 e. The lowest BCUT2D eigenvalue weighted by Crippen LogP contribution is -2.27. The summed E-state index contributed by atoms with van der Waals surface area (Å²) in [6, 6.07) is 26.0. The molecular weight excluding hydrogens is 392 g/mol. The summed E-state index contributed by atoms with van der Waals surface area (Å²) in [7, 11) is 0. The van der Waals surface area contributed by atoms with Gasteiger partial charge in [0.1, 0.15) is 0 Å². The molecular formula is C25H14N2O4. The zero-order chi connectivity index (χ0) is 21.3. The molecule has 6 heteroatoms. The second-order valence-corrected chi connectivity index (χ2v) is 7.78. The van der Waals surface area contributed by atoms with Crippen molar-refractivity contribution in [3.8, 4) is 22.3 Å². The van der Waals surface area contributed by atoms with Gasteiger partial charge in [0, 0.05) is 11.6 Å². The number of nitrogens with zero attached hydrogens (tertiary/aromatic N) is 2. The van der Waals surface area contributed by atoms with Crippen LogP contribution in [0.5, 0.6) is 0 Å². The van der Waals surface area contributed by atoms with E-state index < -0.39 is 15.3 Å². The Morgan fingerprint density at radius 3 is 1.68 bits per heavy atom. The van der Waals surface area contributed by atoms with Gasteiger partial charge in [-0.25, -0.2) is 0 Å². The van der Waals surface area contributed by atoms with E-state index in [9.17, 15) is 20.2 Å². The standard InChI is InChI=1S/C25H14N2O4/c28-26(29)15-12-13-22(23(14-15)27(30)31)25-20-10-3-1-6-16(20)18-8-5-9-19(24(18)25)17-7-2-4-11-21(17)25/h1-14H. The fourth-order valence-electron chi connectivity index (χ4n) is 5.44. The van der Waals surface area contributed by atoms with Crippen molar-refractivity contribution in [3.05, 3.63) is 127 Å². The first kappa shape index (κ1) is 17.5. The molecule has 0 saturated heterocycles. The quantitative estimate of drug-likeness (QED) is 0.273. The first-order valence-corrected chi connectivity index (χ1v) is 9.81. The third kappa shape index (κ3) is 2.01. The molecule has 0 bridgehead atoms. The zero-order valence-corrected chi connectivity index (χ0v) is 16.1. The number of benzene rings is 4. The molecule has 0 amide bonds. The number of hydrogen-bond donors (Lipinski definition) is 0. The molecule has 0 atom stereocenters. The Morgan fingerprint density at radius 2 is 1.13 bits per heavy atom. The summed E-state index contributed by atoms with van der Waals surface area (Å²) >= 11 is 0. The molecule has 0 radical (unpaired) electrons. The molecule has 0 saturated carbocycles. The number of rotatable bonds is 3. The number of nitro groups is 2. The van der Waals surface area contributed by atoms with Crippen LogP contribution in [0.4, 0.5) is 11.4 Å². The van der Waals surface area contributed by atoms with Crippen molar-refractivity contribution in [2.45, 2.75) is 5.41 Å². The number of non-ortho nitro benzene ring substituents is 1. The molecule has 0 spiro atoms. The molecule has 31 heavy (non-hydrogen) atoms. The maximum atomic E-state index is 12.1. The summed E-state index contributed by atoms with van der Waals surface area (Å²) in [5.41, 5.74) is 6.08. The molecule has 2 aliphatic carbocycles. The largest absolute Gasteiger partial charge is 0.281 e. The van der Waals surface area contributed by atoms with E-state index in [0.29, 0.717) is 5.56 Å². The minimum atomic E-state index is -0.892. The summed E-state index contributed by atoms with van der Waals surface area (Å²) in [4.78, 5) is 22.4. The van der Waals surface area contributed by atoms with Gasteiger partial charge in [0.2, 0.25) is 0 Å². The Balaban J connectivity index is 1.84. The Morgan fingerprint density at radius 1 is 0.581 bits per heavy atom. The Hall–Kier alpha value is -4.32. The van der Waals surface area contributed by atoms with Crippen LogP contribution in [-0.2, 0) is 5.41 Å². The highest BCUT2D eigenvalue weighted by Gasteiger charge is 2.54. The lowest BCUT2D eigenvalue weighted by molar-refractivity contribution is -0.394. The topological polar surface area (TPSA) is 86.3 Å².